The van der Waals surface area contributed by atoms with Crippen LogP contribution in [0.3, 0.4) is 0 Å². The van der Waals surface area contributed by atoms with Crippen molar-refractivity contribution in [2.24, 2.45) is 0 Å². The summed E-state index contributed by atoms with van der Waals surface area (Å²) in [7, 11) is -9.99. The van der Waals surface area contributed by atoms with Gasteiger partial charge in [0.1, 0.15) is 19.3 Å². The molecule has 562 valence electrons. The average Bonchev–Trinajstić information content (AvgIpc) is 0.959. The van der Waals surface area contributed by atoms with Gasteiger partial charge in [-0.25, -0.2) is 9.13 Å². The van der Waals surface area contributed by atoms with Crippen molar-refractivity contribution in [3.63, 3.8) is 0 Å². The van der Waals surface area contributed by atoms with E-state index in [2.05, 4.69) is 101 Å². The van der Waals surface area contributed by atoms with Crippen LogP contribution in [0.1, 0.15) is 297 Å². The molecule has 0 aromatic carbocycles. The van der Waals surface area contributed by atoms with Crippen LogP contribution < -0.4 is 0 Å². The van der Waals surface area contributed by atoms with Gasteiger partial charge in [-0.05, 0) is 77.0 Å². The summed E-state index contributed by atoms with van der Waals surface area (Å²) in [6, 6.07) is 0. The highest BCUT2D eigenvalue weighted by Crippen LogP contribution is 2.45. The maximum Gasteiger partial charge on any atom is 0.472 e. The van der Waals surface area contributed by atoms with Crippen LogP contribution in [0.25, 0.3) is 0 Å². The number of aliphatic hydroxyl groups is 1. The van der Waals surface area contributed by atoms with E-state index in [0.29, 0.717) is 25.7 Å². The Morgan fingerprint density at radius 1 is 0.296 bits per heavy atom. The second-order valence-corrected chi connectivity index (χ2v) is 27.8. The van der Waals surface area contributed by atoms with Gasteiger partial charge in [0.2, 0.25) is 0 Å². The molecule has 0 aliphatic carbocycles. The van der Waals surface area contributed by atoms with Crippen molar-refractivity contribution >= 4 is 39.5 Å². The number of hydrogen-bond acceptors (Lipinski definition) is 15. The second kappa shape index (κ2) is 70.9. The molecule has 98 heavy (non-hydrogen) atoms. The summed E-state index contributed by atoms with van der Waals surface area (Å²) in [6.07, 6.45) is 76.8. The van der Waals surface area contributed by atoms with Crippen molar-refractivity contribution in [1.29, 1.82) is 0 Å². The molecular weight excluding hydrogens is 1280 g/mol. The normalized spacial score (nSPS) is 14.6. The molecule has 0 spiro atoms. The van der Waals surface area contributed by atoms with E-state index in [1.807, 2.05) is 36.5 Å². The quantitative estimate of drug-likeness (QED) is 0.0169. The van der Waals surface area contributed by atoms with Gasteiger partial charge >= 0.3 is 39.5 Å². The van der Waals surface area contributed by atoms with Crippen molar-refractivity contribution in [1.82, 2.24) is 0 Å². The fourth-order valence-electron chi connectivity index (χ4n) is 9.84. The third-order valence-corrected chi connectivity index (χ3v) is 17.4. The fourth-order valence-corrected chi connectivity index (χ4v) is 11.4. The number of phosphoric acid groups is 2. The minimum absolute atomic E-state index is 0.0719. The van der Waals surface area contributed by atoms with Crippen LogP contribution in [0.15, 0.2) is 122 Å². The minimum atomic E-state index is -5.00. The number of aliphatic hydroxyl groups excluding tert-OH is 1. The molecule has 19 heteroatoms. The number of carbonyl (C=O) groups is 4. The first-order valence-corrected chi connectivity index (χ1v) is 40.8. The molecule has 0 saturated carbocycles. The zero-order valence-corrected chi connectivity index (χ0v) is 63.0. The van der Waals surface area contributed by atoms with Gasteiger partial charge in [-0.1, -0.05) is 316 Å². The summed E-state index contributed by atoms with van der Waals surface area (Å²) in [5, 5.41) is 10.6. The summed E-state index contributed by atoms with van der Waals surface area (Å²) in [4.78, 5) is 72.7. The standard InChI is InChI=1S/C79H134O17P2/c1-5-9-13-17-21-25-29-33-36-40-43-47-51-55-59-63-76(81)89-69-74(95-78(83)65-61-57-53-49-45-39-32-28-24-20-16-12-8-4)71-93-97(85,86)91-67-73(80)68-92-98(87,88)94-72-75(96-79(84)66-62-58-54-50-46-42-38-35-31-27-23-19-15-11-7-3)70-90-77(82)64-60-56-52-48-44-41-37-34-30-26-22-18-14-10-6-2/h9-10,13-14,21-22,25-26,33-34,36-37,43-44,47-48,55-56,59-60,73-75,80H,5-8,11-12,15-20,23-24,27-32,35,38-42,45-46,49-54,57-58,61-72H2,1-4H3,(H,85,86)(H,87,88)/b13-9-,14-10-,25-21-,26-22-,36-33-,37-34-,47-43-,48-44-,59-55-,60-56-. The lowest BCUT2D eigenvalue weighted by molar-refractivity contribution is -0.161. The van der Waals surface area contributed by atoms with Gasteiger partial charge in [-0.15, -0.1) is 0 Å². The first-order chi connectivity index (χ1) is 47.7. The maximum absolute atomic E-state index is 13.1. The van der Waals surface area contributed by atoms with Gasteiger partial charge in [0.05, 0.1) is 39.3 Å². The molecule has 0 amide bonds. The van der Waals surface area contributed by atoms with E-state index in [0.717, 1.165) is 103 Å². The Hall–Kier alpha value is -4.54. The van der Waals surface area contributed by atoms with Crippen LogP contribution in [0.2, 0.25) is 0 Å². The van der Waals surface area contributed by atoms with Crippen LogP contribution >= 0.6 is 15.6 Å². The lowest BCUT2D eigenvalue weighted by atomic mass is 10.0. The first kappa shape index (κ1) is 93.5. The Bertz CT molecular complexity index is 2340. The molecule has 0 saturated heterocycles. The van der Waals surface area contributed by atoms with Crippen molar-refractivity contribution < 1.29 is 80.2 Å². The van der Waals surface area contributed by atoms with Crippen LogP contribution in [-0.2, 0) is 65.4 Å². The molecule has 17 nitrogen and oxygen atoms in total. The molecule has 3 N–H and O–H groups in total. The predicted octanol–water partition coefficient (Wildman–Crippen LogP) is 21.6. The van der Waals surface area contributed by atoms with Crippen molar-refractivity contribution in [3.8, 4) is 0 Å². The number of rotatable bonds is 70. The van der Waals surface area contributed by atoms with Gasteiger partial charge in [-0.2, -0.15) is 0 Å². The maximum atomic E-state index is 13.1. The van der Waals surface area contributed by atoms with Gasteiger partial charge in [0.25, 0.3) is 0 Å². The number of carbonyl (C=O) groups excluding carboxylic acids is 4. The van der Waals surface area contributed by atoms with E-state index in [-0.39, 0.29) is 25.7 Å². The zero-order chi connectivity index (χ0) is 71.8. The van der Waals surface area contributed by atoms with Crippen LogP contribution in [-0.4, -0.2) is 96.7 Å². The number of hydrogen-bond donors (Lipinski definition) is 3. The van der Waals surface area contributed by atoms with Crippen molar-refractivity contribution in [3.05, 3.63) is 122 Å². The SMILES string of the molecule is CC/C=C\C/C=C\C/C=C\C/C=C\C/C=C\CC(=O)OCC(COP(=O)(O)OCC(O)COP(=O)(O)OCC(COC(=O)C/C=C\C/C=C\C/C=C\C/C=C\C/C=C\CC)OC(=O)CCCCCCCCCCCCCCCCC)OC(=O)CCCCCCCCCCCCCCC. The Morgan fingerprint density at radius 3 is 0.776 bits per heavy atom. The molecule has 5 unspecified atom stereocenters. The van der Waals surface area contributed by atoms with Gasteiger partial charge in [0.15, 0.2) is 12.2 Å². The van der Waals surface area contributed by atoms with E-state index in [1.54, 1.807) is 12.2 Å². The number of phosphoric ester groups is 2. The number of unbranched alkanes of at least 4 members (excludes halogenated alkanes) is 26. The van der Waals surface area contributed by atoms with Gasteiger partial charge < -0.3 is 33.8 Å². The summed E-state index contributed by atoms with van der Waals surface area (Å²) in [6.45, 7) is 4.43. The Kier molecular flexibility index (Phi) is 67.6. The van der Waals surface area contributed by atoms with E-state index in [9.17, 15) is 43.2 Å². The molecule has 0 fully saturated rings. The Morgan fingerprint density at radius 2 is 0.520 bits per heavy atom. The fraction of sp³-hybridized carbons (Fsp3) is 0.696. The van der Waals surface area contributed by atoms with Crippen LogP contribution in [0.4, 0.5) is 0 Å². The number of esters is 4. The molecule has 0 aromatic rings. The molecule has 0 aliphatic rings. The Labute approximate surface area is 593 Å². The molecule has 0 radical (unpaired) electrons. The second-order valence-electron chi connectivity index (χ2n) is 24.9. The number of ether oxygens (including phenoxy) is 4. The molecule has 0 heterocycles. The summed E-state index contributed by atoms with van der Waals surface area (Å²) in [5.41, 5.74) is 0. The summed E-state index contributed by atoms with van der Waals surface area (Å²) >= 11 is 0. The van der Waals surface area contributed by atoms with E-state index < -0.39 is 97.5 Å². The predicted molar refractivity (Wildman–Crippen MR) is 399 cm³/mol. The highest BCUT2D eigenvalue weighted by molar-refractivity contribution is 7.47. The summed E-state index contributed by atoms with van der Waals surface area (Å²) < 4.78 is 68.2. The first-order valence-electron chi connectivity index (χ1n) is 37.8. The topological polar surface area (TPSA) is 237 Å². The minimum Gasteiger partial charge on any atom is -0.461 e. The van der Waals surface area contributed by atoms with Crippen LogP contribution in [0, 0.1) is 0 Å². The van der Waals surface area contributed by atoms with E-state index in [1.165, 1.54) is 116 Å². The van der Waals surface area contributed by atoms with E-state index in [4.69, 9.17) is 37.0 Å². The zero-order valence-electron chi connectivity index (χ0n) is 61.2. The molecule has 0 aromatic heterocycles. The van der Waals surface area contributed by atoms with Crippen LogP contribution in [0.5, 0.6) is 0 Å². The molecule has 5 atom stereocenters. The largest absolute Gasteiger partial charge is 0.472 e. The third-order valence-electron chi connectivity index (χ3n) is 15.5. The highest BCUT2D eigenvalue weighted by atomic mass is 31.2. The summed E-state index contributed by atoms with van der Waals surface area (Å²) in [5.74, 6) is -2.46. The van der Waals surface area contributed by atoms with Gasteiger partial charge in [-0.3, -0.25) is 37.3 Å². The average molecular weight is 1420 g/mol. The Balaban J connectivity index is 5.46. The highest BCUT2D eigenvalue weighted by Gasteiger charge is 2.30. The van der Waals surface area contributed by atoms with E-state index >= 15 is 0 Å². The molecule has 0 rings (SSSR count). The van der Waals surface area contributed by atoms with Gasteiger partial charge in [0, 0.05) is 12.8 Å². The monoisotopic (exact) mass is 1420 g/mol. The third kappa shape index (κ3) is 69.9. The molecule has 0 aliphatic heterocycles. The van der Waals surface area contributed by atoms with Crippen molar-refractivity contribution in [2.75, 3.05) is 39.6 Å². The lowest BCUT2D eigenvalue weighted by Gasteiger charge is -2.21. The number of allylic oxidation sites excluding steroid dienone is 18. The smallest absolute Gasteiger partial charge is 0.461 e. The molecular formula is C79H134O17P2. The van der Waals surface area contributed by atoms with Crippen molar-refractivity contribution in [2.45, 2.75) is 316 Å². The lowest BCUT2D eigenvalue weighted by Crippen LogP contribution is -2.30. The molecule has 0 bridgehead atoms.